The van der Waals surface area contributed by atoms with Crippen molar-refractivity contribution in [3.05, 3.63) is 57.5 Å². The summed E-state index contributed by atoms with van der Waals surface area (Å²) in [7, 11) is 0. The van der Waals surface area contributed by atoms with Crippen LogP contribution < -0.4 is 5.56 Å². The average Bonchev–Trinajstić information content (AvgIpc) is 2.85. The summed E-state index contributed by atoms with van der Waals surface area (Å²) in [5, 5.41) is 10.8. The molecule has 3 rings (SSSR count). The van der Waals surface area contributed by atoms with E-state index in [4.69, 9.17) is 0 Å². The van der Waals surface area contributed by atoms with Gasteiger partial charge in [0.2, 0.25) is 0 Å². The van der Waals surface area contributed by atoms with Gasteiger partial charge in [0.15, 0.2) is 5.82 Å². The van der Waals surface area contributed by atoms with E-state index in [-0.39, 0.29) is 11.2 Å². The normalized spacial score (nSPS) is 10.8. The van der Waals surface area contributed by atoms with Gasteiger partial charge >= 0.3 is 0 Å². The molecule has 0 saturated heterocycles. The van der Waals surface area contributed by atoms with E-state index in [1.807, 2.05) is 6.92 Å². The van der Waals surface area contributed by atoms with Gasteiger partial charge in [-0.2, -0.15) is 5.10 Å². The topological polar surface area (TPSA) is 80.1 Å². The number of aromatic amines is 1. The number of H-pyrrole nitrogens is 1. The van der Waals surface area contributed by atoms with Crippen molar-refractivity contribution in [2.24, 2.45) is 5.18 Å². The number of hydrogen-bond donors (Lipinski definition) is 1. The van der Waals surface area contributed by atoms with Gasteiger partial charge in [-0.3, -0.25) is 14.5 Å². The maximum absolute atomic E-state index is 12.4. The van der Waals surface area contributed by atoms with E-state index in [1.54, 1.807) is 36.5 Å². The average molecular weight is 254 g/mol. The van der Waals surface area contributed by atoms with Crippen LogP contribution in [0.5, 0.6) is 0 Å². The van der Waals surface area contributed by atoms with Gasteiger partial charge in [0.05, 0.1) is 0 Å². The third-order valence-electron chi connectivity index (χ3n) is 2.96. The molecule has 0 saturated carbocycles. The molecule has 0 amide bonds. The highest BCUT2D eigenvalue weighted by molar-refractivity contribution is 5.91. The highest BCUT2D eigenvalue weighted by Crippen LogP contribution is 2.23. The van der Waals surface area contributed by atoms with Gasteiger partial charge in [-0.1, -0.05) is 6.07 Å². The predicted molar refractivity (Wildman–Crippen MR) is 71.9 cm³/mol. The summed E-state index contributed by atoms with van der Waals surface area (Å²) in [6, 6.07) is 8.35. The lowest BCUT2D eigenvalue weighted by Gasteiger charge is -2.04. The number of nitroso groups, excluding NO2 is 1. The van der Waals surface area contributed by atoms with Crippen molar-refractivity contribution in [1.82, 2.24) is 14.8 Å². The van der Waals surface area contributed by atoms with Crippen LogP contribution in [0, 0.1) is 11.8 Å². The summed E-state index contributed by atoms with van der Waals surface area (Å²) < 4.78 is 1.43. The number of benzene rings is 1. The summed E-state index contributed by atoms with van der Waals surface area (Å²) >= 11 is 0. The number of nitrogens with one attached hydrogen (secondary N) is 1. The molecule has 2 aromatic heterocycles. The van der Waals surface area contributed by atoms with Crippen LogP contribution in [0.2, 0.25) is 0 Å². The number of nitrogens with zero attached hydrogens (tertiary/aromatic N) is 3. The first-order chi connectivity index (χ1) is 9.20. The second-order valence-corrected chi connectivity index (χ2v) is 4.23. The summed E-state index contributed by atoms with van der Waals surface area (Å²) in [5.74, 6) is 0.522. The molecule has 1 aromatic carbocycles. The molecular formula is C13H10N4O2. The Bertz CT molecular complexity index is 832. The lowest BCUT2D eigenvalue weighted by Crippen LogP contribution is -2.17. The zero-order chi connectivity index (χ0) is 13.4. The Morgan fingerprint density at radius 2 is 2.11 bits per heavy atom. The van der Waals surface area contributed by atoms with Crippen LogP contribution in [-0.2, 0) is 0 Å². The number of aryl methyl sites for hydroxylation is 1. The molecule has 0 aliphatic heterocycles. The molecule has 1 N–H and O–H groups in total. The molecule has 0 aliphatic rings. The highest BCUT2D eigenvalue weighted by atomic mass is 16.3. The second-order valence-electron chi connectivity index (χ2n) is 4.23. The Morgan fingerprint density at radius 1 is 1.26 bits per heavy atom. The van der Waals surface area contributed by atoms with Crippen molar-refractivity contribution < 1.29 is 0 Å². The van der Waals surface area contributed by atoms with Gasteiger partial charge in [-0.05, 0) is 30.3 Å². The van der Waals surface area contributed by atoms with Crippen LogP contribution in [0.1, 0.15) is 5.69 Å². The van der Waals surface area contributed by atoms with Crippen molar-refractivity contribution in [3.63, 3.8) is 0 Å². The van der Waals surface area contributed by atoms with Crippen LogP contribution in [0.25, 0.3) is 16.6 Å². The fourth-order valence-corrected chi connectivity index (χ4v) is 2.05. The van der Waals surface area contributed by atoms with Gasteiger partial charge < -0.3 is 0 Å². The van der Waals surface area contributed by atoms with Crippen molar-refractivity contribution >= 4 is 16.5 Å². The predicted octanol–water partition coefficient (Wildman–Crippen LogP) is 2.42. The quantitative estimate of drug-likeness (QED) is 0.713. The molecule has 6 heteroatoms. The molecule has 0 fully saturated rings. The molecule has 0 spiro atoms. The van der Waals surface area contributed by atoms with Crippen molar-refractivity contribution in [2.45, 2.75) is 6.92 Å². The SMILES string of the molecule is Cc1cc(-n2ccc3c(N=O)cccc3c2=O)n[nH]1. The molecule has 6 nitrogen and oxygen atoms in total. The summed E-state index contributed by atoms with van der Waals surface area (Å²) in [5.41, 5.74) is 0.903. The number of rotatable bonds is 2. The monoisotopic (exact) mass is 254 g/mol. The zero-order valence-electron chi connectivity index (χ0n) is 10.1. The smallest absolute Gasteiger partial charge is 0.264 e. The lowest BCUT2D eigenvalue weighted by molar-refractivity contribution is 0.922. The molecular weight excluding hydrogens is 244 g/mol. The largest absolute Gasteiger partial charge is 0.281 e. The van der Waals surface area contributed by atoms with E-state index in [9.17, 15) is 9.70 Å². The minimum Gasteiger partial charge on any atom is -0.281 e. The summed E-state index contributed by atoms with van der Waals surface area (Å²) in [4.78, 5) is 23.1. The lowest BCUT2D eigenvalue weighted by atomic mass is 10.1. The Labute approximate surface area is 107 Å². The molecule has 0 radical (unpaired) electrons. The first-order valence-electron chi connectivity index (χ1n) is 5.71. The third-order valence-corrected chi connectivity index (χ3v) is 2.96. The van der Waals surface area contributed by atoms with Gasteiger partial charge in [0, 0.05) is 28.7 Å². The van der Waals surface area contributed by atoms with Crippen LogP contribution >= 0.6 is 0 Å². The molecule has 0 bridgehead atoms. The van der Waals surface area contributed by atoms with E-state index in [1.165, 1.54) is 4.57 Å². The van der Waals surface area contributed by atoms with Crippen LogP contribution in [-0.4, -0.2) is 14.8 Å². The summed E-state index contributed by atoms with van der Waals surface area (Å²) in [6.07, 6.45) is 1.59. The number of fused-ring (bicyclic) bond motifs is 1. The van der Waals surface area contributed by atoms with E-state index in [0.717, 1.165) is 5.69 Å². The molecule has 2 heterocycles. The highest BCUT2D eigenvalue weighted by Gasteiger charge is 2.09. The van der Waals surface area contributed by atoms with E-state index in [2.05, 4.69) is 15.4 Å². The van der Waals surface area contributed by atoms with Crippen LogP contribution in [0.3, 0.4) is 0 Å². The number of pyridine rings is 1. The van der Waals surface area contributed by atoms with Crippen LogP contribution in [0.4, 0.5) is 5.69 Å². The maximum Gasteiger partial charge on any atom is 0.264 e. The standard InChI is InChI=1S/C13H10N4O2/c1-8-7-12(15-14-8)17-6-5-9-10(13(17)18)3-2-4-11(9)16-19/h2-7H,1H3,(H,14,15). The Balaban J connectivity index is 2.33. The van der Waals surface area contributed by atoms with E-state index < -0.39 is 0 Å². The van der Waals surface area contributed by atoms with Crippen molar-refractivity contribution in [2.75, 3.05) is 0 Å². The van der Waals surface area contributed by atoms with Crippen molar-refractivity contribution in [3.8, 4) is 5.82 Å². The molecule has 0 aliphatic carbocycles. The maximum atomic E-state index is 12.4. The van der Waals surface area contributed by atoms with Gasteiger partial charge in [0.1, 0.15) is 5.69 Å². The van der Waals surface area contributed by atoms with Gasteiger partial charge in [-0.15, -0.1) is 4.91 Å². The minimum absolute atomic E-state index is 0.227. The molecule has 19 heavy (non-hydrogen) atoms. The Hall–Kier alpha value is -2.76. The Morgan fingerprint density at radius 3 is 2.79 bits per heavy atom. The van der Waals surface area contributed by atoms with E-state index >= 15 is 0 Å². The third kappa shape index (κ3) is 1.74. The number of aromatic nitrogens is 3. The number of hydrogen-bond acceptors (Lipinski definition) is 4. The second kappa shape index (κ2) is 4.16. The van der Waals surface area contributed by atoms with Crippen molar-refractivity contribution in [1.29, 1.82) is 0 Å². The molecule has 0 unspecified atom stereocenters. The zero-order valence-corrected chi connectivity index (χ0v) is 10.1. The Kier molecular flexibility index (Phi) is 2.49. The summed E-state index contributed by atoms with van der Waals surface area (Å²) in [6.45, 7) is 1.86. The van der Waals surface area contributed by atoms with Gasteiger partial charge in [0.25, 0.3) is 5.56 Å². The first-order valence-corrected chi connectivity index (χ1v) is 5.71. The first kappa shape index (κ1) is 11.3. The fourth-order valence-electron chi connectivity index (χ4n) is 2.05. The van der Waals surface area contributed by atoms with Gasteiger partial charge in [-0.25, -0.2) is 0 Å². The molecule has 0 atom stereocenters. The molecule has 3 aromatic rings. The fraction of sp³-hybridized carbons (Fsp3) is 0.0769. The van der Waals surface area contributed by atoms with E-state index in [0.29, 0.717) is 16.6 Å². The minimum atomic E-state index is -0.227. The molecule has 94 valence electrons. The van der Waals surface area contributed by atoms with Crippen LogP contribution in [0.15, 0.2) is 46.5 Å².